The predicted octanol–water partition coefficient (Wildman–Crippen LogP) is 0.474. The Labute approximate surface area is 111 Å². The minimum absolute atomic E-state index is 0.182. The minimum atomic E-state index is -0.827. The normalized spacial score (nSPS) is 16.5. The lowest BCUT2D eigenvalue weighted by Crippen LogP contribution is -2.49. The van der Waals surface area contributed by atoms with E-state index in [0.717, 1.165) is 12.0 Å². The van der Waals surface area contributed by atoms with Gasteiger partial charge in [-0.2, -0.15) is 5.10 Å². The van der Waals surface area contributed by atoms with Gasteiger partial charge >= 0.3 is 12.0 Å². The molecule has 0 bridgehead atoms. The summed E-state index contributed by atoms with van der Waals surface area (Å²) in [5.74, 6) is -0.827. The molecule has 0 unspecified atom stereocenters. The van der Waals surface area contributed by atoms with Crippen molar-refractivity contribution in [2.45, 2.75) is 25.8 Å². The van der Waals surface area contributed by atoms with Gasteiger partial charge < -0.3 is 15.7 Å². The van der Waals surface area contributed by atoms with Crippen LogP contribution in [0.3, 0.4) is 0 Å². The van der Waals surface area contributed by atoms with Gasteiger partial charge in [-0.1, -0.05) is 6.42 Å². The number of carbonyl (C=O) groups excluding carboxylic acids is 1. The Bertz CT molecular complexity index is 479. The Hall–Kier alpha value is -2.05. The molecule has 3 N–H and O–H groups in total. The molecule has 104 valence electrons. The molecule has 1 heterocycles. The molecule has 1 aliphatic rings. The van der Waals surface area contributed by atoms with E-state index in [4.69, 9.17) is 5.11 Å². The lowest BCUT2D eigenvalue weighted by atomic mass is 9.69. The largest absolute Gasteiger partial charge is 0.481 e. The fourth-order valence-electron chi connectivity index (χ4n) is 2.13. The fourth-order valence-corrected chi connectivity index (χ4v) is 2.13. The number of hydrogen-bond donors (Lipinski definition) is 3. The molecule has 7 nitrogen and oxygen atoms in total. The van der Waals surface area contributed by atoms with Crippen molar-refractivity contribution in [1.82, 2.24) is 20.4 Å². The van der Waals surface area contributed by atoms with E-state index in [0.29, 0.717) is 19.4 Å². The molecule has 19 heavy (non-hydrogen) atoms. The highest BCUT2D eigenvalue weighted by atomic mass is 16.4. The number of aryl methyl sites for hydroxylation is 1. The van der Waals surface area contributed by atoms with Crippen LogP contribution < -0.4 is 10.6 Å². The first kappa shape index (κ1) is 13.4. The van der Waals surface area contributed by atoms with Gasteiger partial charge in [0.05, 0.1) is 11.6 Å². The van der Waals surface area contributed by atoms with E-state index in [9.17, 15) is 9.59 Å². The Kier molecular flexibility index (Phi) is 3.73. The molecule has 1 aromatic heterocycles. The zero-order valence-electron chi connectivity index (χ0n) is 10.8. The molecule has 1 aromatic rings. The second-order valence-corrected chi connectivity index (χ2v) is 5.00. The van der Waals surface area contributed by atoms with Gasteiger partial charge in [0.1, 0.15) is 0 Å². The van der Waals surface area contributed by atoms with Crippen LogP contribution in [0, 0.1) is 5.41 Å². The summed E-state index contributed by atoms with van der Waals surface area (Å²) in [6.07, 6.45) is 5.65. The molecule has 0 radical (unpaired) electrons. The molecule has 0 aromatic carbocycles. The summed E-state index contributed by atoms with van der Waals surface area (Å²) in [4.78, 5) is 22.7. The van der Waals surface area contributed by atoms with Crippen LogP contribution in [0.5, 0.6) is 0 Å². The Morgan fingerprint density at radius 2 is 2.21 bits per heavy atom. The van der Waals surface area contributed by atoms with Crippen molar-refractivity contribution >= 4 is 12.0 Å². The van der Waals surface area contributed by atoms with Gasteiger partial charge in [0, 0.05) is 31.9 Å². The third kappa shape index (κ3) is 3.04. The van der Waals surface area contributed by atoms with E-state index in [1.165, 1.54) is 0 Å². The van der Waals surface area contributed by atoms with Gasteiger partial charge in [-0.15, -0.1) is 0 Å². The third-order valence-corrected chi connectivity index (χ3v) is 3.56. The summed E-state index contributed by atoms with van der Waals surface area (Å²) in [6, 6.07) is -0.351. The molecule has 2 rings (SSSR count). The van der Waals surface area contributed by atoms with E-state index in [2.05, 4.69) is 15.7 Å². The van der Waals surface area contributed by atoms with Gasteiger partial charge in [0.15, 0.2) is 0 Å². The molecular formula is C12H18N4O3. The summed E-state index contributed by atoms with van der Waals surface area (Å²) >= 11 is 0. The highest BCUT2D eigenvalue weighted by molar-refractivity contribution is 5.78. The average molecular weight is 266 g/mol. The molecule has 0 atom stereocenters. The van der Waals surface area contributed by atoms with Gasteiger partial charge in [-0.25, -0.2) is 4.79 Å². The van der Waals surface area contributed by atoms with E-state index in [1.807, 2.05) is 6.20 Å². The van der Waals surface area contributed by atoms with Crippen LogP contribution in [0.25, 0.3) is 0 Å². The number of urea groups is 1. The summed E-state index contributed by atoms with van der Waals surface area (Å²) in [6.45, 7) is 0.556. The van der Waals surface area contributed by atoms with Crippen LogP contribution >= 0.6 is 0 Å². The van der Waals surface area contributed by atoms with Gasteiger partial charge in [-0.3, -0.25) is 9.48 Å². The summed E-state index contributed by atoms with van der Waals surface area (Å²) in [7, 11) is 1.80. The van der Waals surface area contributed by atoms with Crippen LogP contribution in [0.2, 0.25) is 0 Å². The fraction of sp³-hybridized carbons (Fsp3) is 0.583. The van der Waals surface area contributed by atoms with E-state index in [-0.39, 0.29) is 12.6 Å². The molecule has 7 heteroatoms. The topological polar surface area (TPSA) is 96.2 Å². The highest BCUT2D eigenvalue weighted by Crippen LogP contribution is 2.40. The maximum atomic E-state index is 11.6. The van der Waals surface area contributed by atoms with Crippen LogP contribution in [0.15, 0.2) is 12.4 Å². The number of aliphatic carboxylic acids is 1. The van der Waals surface area contributed by atoms with Gasteiger partial charge in [-0.05, 0) is 12.8 Å². The van der Waals surface area contributed by atoms with Crippen LogP contribution in [-0.2, 0) is 18.4 Å². The first-order valence-corrected chi connectivity index (χ1v) is 6.24. The van der Waals surface area contributed by atoms with Crippen molar-refractivity contribution in [2.75, 3.05) is 6.54 Å². The standard InChI is InChI=1S/C12H18N4O3/c1-16-7-9(6-15-16)5-13-11(19)14-8-12(10(17)18)3-2-4-12/h6-7H,2-5,8H2,1H3,(H,17,18)(H2,13,14,19). The molecule has 0 spiro atoms. The van der Waals surface area contributed by atoms with Gasteiger partial charge in [0.25, 0.3) is 0 Å². The summed E-state index contributed by atoms with van der Waals surface area (Å²) in [5, 5.41) is 18.4. The van der Waals surface area contributed by atoms with Crippen LogP contribution in [-0.4, -0.2) is 33.4 Å². The monoisotopic (exact) mass is 266 g/mol. The number of carboxylic acid groups (broad SMARTS) is 1. The van der Waals surface area contributed by atoms with E-state index < -0.39 is 11.4 Å². The Morgan fingerprint density at radius 3 is 2.68 bits per heavy atom. The average Bonchev–Trinajstić information content (AvgIpc) is 2.70. The maximum Gasteiger partial charge on any atom is 0.315 e. The number of nitrogens with one attached hydrogen (secondary N) is 2. The number of rotatable bonds is 5. The lowest BCUT2D eigenvalue weighted by Gasteiger charge is -2.37. The SMILES string of the molecule is Cn1cc(CNC(=O)NCC2(C(=O)O)CCC2)cn1. The first-order valence-electron chi connectivity index (χ1n) is 6.24. The van der Waals surface area contributed by atoms with Gasteiger partial charge in [0.2, 0.25) is 0 Å². The van der Waals surface area contributed by atoms with E-state index in [1.54, 1.807) is 17.9 Å². The summed E-state index contributed by atoms with van der Waals surface area (Å²) in [5.41, 5.74) is 0.139. The number of amides is 2. The second-order valence-electron chi connectivity index (χ2n) is 5.00. The molecule has 2 amide bonds. The van der Waals surface area contributed by atoms with Crippen molar-refractivity contribution in [2.24, 2.45) is 12.5 Å². The number of aromatic nitrogens is 2. The molecule has 0 aliphatic heterocycles. The summed E-state index contributed by atoms with van der Waals surface area (Å²) < 4.78 is 1.66. The zero-order chi connectivity index (χ0) is 13.9. The molecule has 1 aliphatic carbocycles. The molecule has 1 saturated carbocycles. The van der Waals surface area contributed by atoms with E-state index >= 15 is 0 Å². The Morgan fingerprint density at radius 1 is 1.47 bits per heavy atom. The lowest BCUT2D eigenvalue weighted by molar-refractivity contribution is -0.153. The maximum absolute atomic E-state index is 11.6. The van der Waals surface area contributed by atoms with Crippen molar-refractivity contribution in [3.8, 4) is 0 Å². The second kappa shape index (κ2) is 5.29. The highest BCUT2D eigenvalue weighted by Gasteiger charge is 2.44. The number of carboxylic acids is 1. The number of hydrogen-bond acceptors (Lipinski definition) is 3. The first-order chi connectivity index (χ1) is 9.02. The molecular weight excluding hydrogens is 248 g/mol. The third-order valence-electron chi connectivity index (χ3n) is 3.56. The van der Waals surface area contributed by atoms with Crippen LogP contribution in [0.4, 0.5) is 4.79 Å². The predicted molar refractivity (Wildman–Crippen MR) is 67.4 cm³/mol. The smallest absolute Gasteiger partial charge is 0.315 e. The number of nitrogens with zero attached hydrogens (tertiary/aromatic N) is 2. The van der Waals surface area contributed by atoms with Crippen molar-refractivity contribution in [3.05, 3.63) is 18.0 Å². The molecule has 1 fully saturated rings. The van der Waals surface area contributed by atoms with Crippen molar-refractivity contribution in [3.63, 3.8) is 0 Å². The number of carbonyl (C=O) groups is 2. The van der Waals surface area contributed by atoms with Crippen molar-refractivity contribution < 1.29 is 14.7 Å². The minimum Gasteiger partial charge on any atom is -0.481 e. The van der Waals surface area contributed by atoms with Crippen molar-refractivity contribution in [1.29, 1.82) is 0 Å². The molecule has 0 saturated heterocycles. The Balaban J connectivity index is 1.74. The quantitative estimate of drug-likeness (QED) is 0.722. The van der Waals surface area contributed by atoms with Crippen LogP contribution in [0.1, 0.15) is 24.8 Å². The zero-order valence-corrected chi connectivity index (χ0v) is 10.8.